The smallest absolute Gasteiger partial charge is 0.258 e. The molecule has 0 aliphatic carbocycles. The summed E-state index contributed by atoms with van der Waals surface area (Å²) in [6, 6.07) is 12.8. The average Bonchev–Trinajstić information content (AvgIpc) is 3.34. The number of hydrogen-bond donors (Lipinski definition) is 3. The summed E-state index contributed by atoms with van der Waals surface area (Å²) < 4.78 is 11.1. The fraction of sp³-hybridized carbons (Fsp3) is 0.200. The average molecular weight is 400 g/mol. The topological polar surface area (TPSA) is 119 Å². The van der Waals surface area contributed by atoms with Gasteiger partial charge in [0.2, 0.25) is 5.82 Å². The largest absolute Gasteiger partial charge is 0.459 e. The molecule has 0 amide bonds. The molecule has 144 valence electrons. The molecule has 8 heteroatoms. The molecule has 0 aliphatic rings. The molecule has 4 rings (SSSR count). The van der Waals surface area contributed by atoms with Crippen molar-refractivity contribution in [2.45, 2.75) is 12.5 Å². The van der Waals surface area contributed by atoms with E-state index < -0.39 is 18.8 Å². The molecule has 0 bridgehead atoms. The van der Waals surface area contributed by atoms with Crippen molar-refractivity contribution in [2.24, 2.45) is 5.73 Å². The molecule has 0 radical (unpaired) electrons. The highest BCUT2D eigenvalue weighted by molar-refractivity contribution is 6.34. The summed E-state index contributed by atoms with van der Waals surface area (Å²) >= 11 is 6.39. The van der Waals surface area contributed by atoms with Crippen molar-refractivity contribution in [3.8, 4) is 22.8 Å². The van der Waals surface area contributed by atoms with Gasteiger partial charge in [0.25, 0.3) is 5.89 Å². The molecule has 2 heterocycles. The Morgan fingerprint density at radius 1 is 1.11 bits per heavy atom. The molecule has 0 aliphatic heterocycles. The lowest BCUT2D eigenvalue weighted by atomic mass is 10.00. The van der Waals surface area contributed by atoms with Crippen LogP contribution < -0.4 is 5.73 Å². The van der Waals surface area contributed by atoms with Crippen LogP contribution in [0.5, 0.6) is 0 Å². The third kappa shape index (κ3) is 3.18. The van der Waals surface area contributed by atoms with Crippen molar-refractivity contribution in [3.63, 3.8) is 0 Å². The molecule has 0 atom stereocenters. The van der Waals surface area contributed by atoms with Crippen LogP contribution in [-0.2, 0) is 5.54 Å². The van der Waals surface area contributed by atoms with Crippen LogP contribution in [0, 0.1) is 6.92 Å². The van der Waals surface area contributed by atoms with Crippen LogP contribution in [0.2, 0.25) is 5.02 Å². The van der Waals surface area contributed by atoms with E-state index in [2.05, 4.69) is 10.1 Å². The normalized spacial score (nSPS) is 12.0. The first-order valence-electron chi connectivity index (χ1n) is 8.59. The lowest BCUT2D eigenvalue weighted by Crippen LogP contribution is -2.43. The zero-order valence-electron chi connectivity index (χ0n) is 15.0. The third-order valence-corrected chi connectivity index (χ3v) is 4.94. The number of aliphatic hydroxyl groups excluding tert-OH is 2. The van der Waals surface area contributed by atoms with E-state index >= 15 is 0 Å². The maximum atomic E-state index is 9.48. The van der Waals surface area contributed by atoms with Gasteiger partial charge in [-0.25, -0.2) is 0 Å². The summed E-state index contributed by atoms with van der Waals surface area (Å²) in [6.07, 6.45) is 0. The van der Waals surface area contributed by atoms with Crippen molar-refractivity contribution < 1.29 is 19.2 Å². The first-order chi connectivity index (χ1) is 13.4. The van der Waals surface area contributed by atoms with Crippen LogP contribution in [0.15, 0.2) is 51.4 Å². The molecule has 28 heavy (non-hydrogen) atoms. The first kappa shape index (κ1) is 18.6. The van der Waals surface area contributed by atoms with E-state index in [9.17, 15) is 10.2 Å². The monoisotopic (exact) mass is 399 g/mol. The second-order valence-electron chi connectivity index (χ2n) is 6.74. The molecular weight excluding hydrogens is 382 g/mol. The van der Waals surface area contributed by atoms with Crippen molar-refractivity contribution in [2.75, 3.05) is 13.2 Å². The maximum Gasteiger partial charge on any atom is 0.258 e. The number of rotatable bonds is 5. The van der Waals surface area contributed by atoms with Gasteiger partial charge in [0.15, 0.2) is 0 Å². The summed E-state index contributed by atoms with van der Waals surface area (Å²) in [6.45, 7) is 1.07. The molecule has 7 nitrogen and oxygen atoms in total. The quantitative estimate of drug-likeness (QED) is 0.471. The second-order valence-corrected chi connectivity index (χ2v) is 7.15. The standard InChI is InChI=1S/C20H18ClN3O4/c1-11-2-4-12(5-3-11)19-23-18(24-28-19)14-6-13-7-17(20(22,9-25)10-26)27-16(13)8-15(14)21/h2-8,25-26H,9-10,22H2,1H3. The number of aryl methyl sites for hydroxylation is 1. The predicted molar refractivity (Wildman–Crippen MR) is 105 cm³/mol. The van der Waals surface area contributed by atoms with Gasteiger partial charge in [-0.15, -0.1) is 0 Å². The highest BCUT2D eigenvalue weighted by Gasteiger charge is 2.30. The van der Waals surface area contributed by atoms with E-state index in [0.717, 1.165) is 11.1 Å². The van der Waals surface area contributed by atoms with Crippen molar-refractivity contribution >= 4 is 22.6 Å². The minimum absolute atomic E-state index is 0.258. The Kier molecular flexibility index (Phi) is 4.68. The Hall–Kier alpha value is -2.71. The van der Waals surface area contributed by atoms with Gasteiger partial charge in [-0.1, -0.05) is 34.5 Å². The fourth-order valence-corrected chi connectivity index (χ4v) is 3.07. The lowest BCUT2D eigenvalue weighted by molar-refractivity contribution is 0.105. The van der Waals surface area contributed by atoms with E-state index in [4.69, 9.17) is 26.3 Å². The molecular formula is C20H18ClN3O4. The van der Waals surface area contributed by atoms with Gasteiger partial charge < -0.3 is 24.9 Å². The first-order valence-corrected chi connectivity index (χ1v) is 8.96. The highest BCUT2D eigenvalue weighted by Crippen LogP contribution is 2.35. The lowest BCUT2D eigenvalue weighted by Gasteiger charge is -2.21. The molecule has 4 aromatic rings. The molecule has 2 aromatic carbocycles. The van der Waals surface area contributed by atoms with Gasteiger partial charge in [0.05, 0.1) is 18.2 Å². The van der Waals surface area contributed by atoms with E-state index in [1.54, 1.807) is 18.2 Å². The van der Waals surface area contributed by atoms with Crippen molar-refractivity contribution in [3.05, 3.63) is 58.8 Å². The van der Waals surface area contributed by atoms with E-state index in [0.29, 0.717) is 33.3 Å². The number of hydrogen-bond acceptors (Lipinski definition) is 7. The second kappa shape index (κ2) is 7.03. The van der Waals surface area contributed by atoms with Gasteiger partial charge >= 0.3 is 0 Å². The number of fused-ring (bicyclic) bond motifs is 1. The number of aromatic nitrogens is 2. The Morgan fingerprint density at radius 2 is 1.82 bits per heavy atom. The number of furan rings is 1. The molecule has 0 spiro atoms. The summed E-state index contributed by atoms with van der Waals surface area (Å²) in [5.74, 6) is 0.989. The zero-order valence-corrected chi connectivity index (χ0v) is 15.8. The van der Waals surface area contributed by atoms with Crippen molar-refractivity contribution in [1.82, 2.24) is 10.1 Å². The van der Waals surface area contributed by atoms with Crippen molar-refractivity contribution in [1.29, 1.82) is 0 Å². The van der Waals surface area contributed by atoms with Gasteiger partial charge in [0, 0.05) is 22.6 Å². The van der Waals surface area contributed by atoms with Crippen LogP contribution in [0.4, 0.5) is 0 Å². The van der Waals surface area contributed by atoms with Crippen LogP contribution in [0.3, 0.4) is 0 Å². The Balaban J connectivity index is 1.75. The molecule has 0 saturated carbocycles. The number of nitrogens with zero attached hydrogens (tertiary/aromatic N) is 2. The molecule has 2 aromatic heterocycles. The maximum absolute atomic E-state index is 9.48. The number of aliphatic hydroxyl groups is 2. The van der Waals surface area contributed by atoms with Gasteiger partial charge in [0.1, 0.15) is 16.9 Å². The van der Waals surface area contributed by atoms with Gasteiger partial charge in [-0.05, 0) is 31.2 Å². The van der Waals surface area contributed by atoms with Gasteiger partial charge in [-0.3, -0.25) is 0 Å². The fourth-order valence-electron chi connectivity index (χ4n) is 2.83. The van der Waals surface area contributed by atoms with Crippen LogP contribution in [0.1, 0.15) is 11.3 Å². The van der Waals surface area contributed by atoms with Crippen LogP contribution in [0.25, 0.3) is 33.8 Å². The molecule has 0 fully saturated rings. The summed E-state index contributed by atoms with van der Waals surface area (Å²) in [5, 5.41) is 24.0. The van der Waals surface area contributed by atoms with Crippen LogP contribution >= 0.6 is 11.6 Å². The third-order valence-electron chi connectivity index (χ3n) is 4.63. The number of nitrogens with two attached hydrogens (primary N) is 1. The SMILES string of the molecule is Cc1ccc(-c2nc(-c3cc4cc(C(N)(CO)CO)oc4cc3Cl)no2)cc1. The zero-order chi connectivity index (χ0) is 19.9. The Labute approximate surface area is 165 Å². The highest BCUT2D eigenvalue weighted by atomic mass is 35.5. The predicted octanol–water partition coefficient (Wildman–Crippen LogP) is 3.25. The van der Waals surface area contributed by atoms with E-state index in [1.807, 2.05) is 31.2 Å². The van der Waals surface area contributed by atoms with E-state index in [-0.39, 0.29) is 5.76 Å². The Bertz CT molecular complexity index is 1130. The Morgan fingerprint density at radius 3 is 2.50 bits per heavy atom. The minimum atomic E-state index is -1.38. The summed E-state index contributed by atoms with van der Waals surface area (Å²) in [7, 11) is 0. The summed E-state index contributed by atoms with van der Waals surface area (Å²) in [5.41, 5.74) is 7.59. The minimum Gasteiger partial charge on any atom is -0.459 e. The summed E-state index contributed by atoms with van der Waals surface area (Å²) in [4.78, 5) is 4.44. The number of benzene rings is 2. The van der Waals surface area contributed by atoms with Crippen LogP contribution in [-0.4, -0.2) is 33.6 Å². The van der Waals surface area contributed by atoms with Gasteiger partial charge in [-0.2, -0.15) is 4.98 Å². The van der Waals surface area contributed by atoms with E-state index in [1.165, 1.54) is 0 Å². The molecule has 0 saturated heterocycles. The number of halogens is 1. The molecule has 0 unspecified atom stereocenters. The molecule has 4 N–H and O–H groups in total.